The molecule has 0 bridgehead atoms. The molecule has 0 aliphatic heterocycles. The first kappa shape index (κ1) is 11.7. The van der Waals surface area contributed by atoms with E-state index in [1.807, 2.05) is 0 Å². The molecule has 0 aliphatic carbocycles. The number of rotatable bonds is 2. The highest BCUT2D eigenvalue weighted by Gasteiger charge is 2.15. The molecule has 0 atom stereocenters. The number of ketones is 1. The molecule has 0 fully saturated rings. The number of carbonyl (C=O) groups excluding carboxylic acids is 1. The molecule has 0 amide bonds. The van der Waals surface area contributed by atoms with Gasteiger partial charge in [0.15, 0.2) is 0 Å². The SMILES string of the molecule is Nc1ccc(C(=O)c2cc(Br)ccc2F)nc1. The summed E-state index contributed by atoms with van der Waals surface area (Å²) in [5.74, 6) is -1.04. The van der Waals surface area contributed by atoms with Crippen LogP contribution in [0.25, 0.3) is 0 Å². The Kier molecular flexibility index (Phi) is 3.19. The molecule has 0 saturated carbocycles. The van der Waals surface area contributed by atoms with Crippen molar-refractivity contribution in [2.75, 3.05) is 5.73 Å². The number of nitrogens with two attached hydrogens (primary N) is 1. The van der Waals surface area contributed by atoms with E-state index >= 15 is 0 Å². The van der Waals surface area contributed by atoms with Crippen LogP contribution in [0.1, 0.15) is 16.1 Å². The van der Waals surface area contributed by atoms with Crippen LogP contribution in [-0.2, 0) is 0 Å². The maximum atomic E-state index is 13.5. The molecular weight excluding hydrogens is 287 g/mol. The van der Waals surface area contributed by atoms with Gasteiger partial charge in [0.25, 0.3) is 0 Å². The Balaban J connectivity index is 2.43. The molecule has 86 valence electrons. The van der Waals surface area contributed by atoms with Crippen LogP contribution in [0.2, 0.25) is 0 Å². The lowest BCUT2D eigenvalue weighted by Crippen LogP contribution is -2.06. The first-order valence-electron chi connectivity index (χ1n) is 4.79. The minimum atomic E-state index is -0.572. The van der Waals surface area contributed by atoms with Crippen molar-refractivity contribution in [1.29, 1.82) is 0 Å². The molecule has 0 spiro atoms. The van der Waals surface area contributed by atoms with Crippen LogP contribution in [-0.4, -0.2) is 10.8 Å². The summed E-state index contributed by atoms with van der Waals surface area (Å²) >= 11 is 3.19. The Morgan fingerprint density at radius 2 is 2.06 bits per heavy atom. The number of halogens is 2. The molecule has 2 aromatic rings. The van der Waals surface area contributed by atoms with Gasteiger partial charge in [-0.1, -0.05) is 15.9 Å². The number of aromatic nitrogens is 1. The second kappa shape index (κ2) is 4.63. The summed E-state index contributed by atoms with van der Waals surface area (Å²) in [6.45, 7) is 0. The van der Waals surface area contributed by atoms with Gasteiger partial charge < -0.3 is 5.73 Å². The first-order valence-corrected chi connectivity index (χ1v) is 5.58. The summed E-state index contributed by atoms with van der Waals surface area (Å²) in [4.78, 5) is 15.8. The monoisotopic (exact) mass is 294 g/mol. The predicted octanol–water partition coefficient (Wildman–Crippen LogP) is 2.80. The second-order valence-corrected chi connectivity index (χ2v) is 4.35. The van der Waals surface area contributed by atoms with Crippen LogP contribution in [0, 0.1) is 5.82 Å². The highest BCUT2D eigenvalue weighted by Crippen LogP contribution is 2.18. The Morgan fingerprint density at radius 1 is 1.29 bits per heavy atom. The number of anilines is 1. The Hall–Kier alpha value is -1.75. The Bertz CT molecular complexity index is 569. The van der Waals surface area contributed by atoms with Crippen molar-refractivity contribution in [2.45, 2.75) is 0 Å². The molecule has 5 heteroatoms. The zero-order valence-electron chi connectivity index (χ0n) is 8.65. The van der Waals surface area contributed by atoms with E-state index in [1.165, 1.54) is 30.5 Å². The van der Waals surface area contributed by atoms with Gasteiger partial charge in [0.05, 0.1) is 17.4 Å². The fourth-order valence-corrected chi connectivity index (χ4v) is 1.71. The quantitative estimate of drug-likeness (QED) is 0.867. The van der Waals surface area contributed by atoms with Crippen LogP contribution >= 0.6 is 15.9 Å². The lowest BCUT2D eigenvalue weighted by Gasteiger charge is -2.03. The largest absolute Gasteiger partial charge is 0.397 e. The lowest BCUT2D eigenvalue weighted by molar-refractivity contribution is 0.103. The predicted molar refractivity (Wildman–Crippen MR) is 66.2 cm³/mol. The smallest absolute Gasteiger partial charge is 0.214 e. The van der Waals surface area contributed by atoms with Gasteiger partial charge in [0.1, 0.15) is 11.5 Å². The molecule has 0 radical (unpaired) electrons. The maximum Gasteiger partial charge on any atom is 0.214 e. The van der Waals surface area contributed by atoms with Gasteiger partial charge in [-0.15, -0.1) is 0 Å². The topological polar surface area (TPSA) is 56.0 Å². The molecule has 1 aromatic heterocycles. The lowest BCUT2D eigenvalue weighted by atomic mass is 10.1. The summed E-state index contributed by atoms with van der Waals surface area (Å²) in [5.41, 5.74) is 6.07. The van der Waals surface area contributed by atoms with Gasteiger partial charge in [0.2, 0.25) is 5.78 Å². The van der Waals surface area contributed by atoms with Crippen LogP contribution < -0.4 is 5.73 Å². The fraction of sp³-hybridized carbons (Fsp3) is 0. The number of hydrogen-bond acceptors (Lipinski definition) is 3. The van der Waals surface area contributed by atoms with Gasteiger partial charge >= 0.3 is 0 Å². The minimum absolute atomic E-state index is 0.0170. The van der Waals surface area contributed by atoms with Crippen LogP contribution in [0.3, 0.4) is 0 Å². The van der Waals surface area contributed by atoms with Crippen LogP contribution in [0.5, 0.6) is 0 Å². The Labute approximate surface area is 106 Å². The van der Waals surface area contributed by atoms with Gasteiger partial charge in [-0.05, 0) is 30.3 Å². The second-order valence-electron chi connectivity index (χ2n) is 3.43. The van der Waals surface area contributed by atoms with Crippen molar-refractivity contribution in [3.8, 4) is 0 Å². The standard InChI is InChI=1S/C12H8BrFN2O/c13-7-1-3-10(14)9(5-7)12(17)11-4-2-8(15)6-16-11/h1-6H,15H2. The van der Waals surface area contributed by atoms with E-state index in [2.05, 4.69) is 20.9 Å². The van der Waals surface area contributed by atoms with Gasteiger partial charge in [0, 0.05) is 4.47 Å². The third-order valence-corrected chi connectivity index (χ3v) is 2.69. The molecule has 17 heavy (non-hydrogen) atoms. The van der Waals surface area contributed by atoms with E-state index in [0.29, 0.717) is 10.2 Å². The van der Waals surface area contributed by atoms with Crippen molar-refractivity contribution in [3.05, 3.63) is 58.1 Å². The van der Waals surface area contributed by atoms with Gasteiger partial charge in [-0.2, -0.15) is 0 Å². The molecule has 1 heterocycles. The highest BCUT2D eigenvalue weighted by atomic mass is 79.9. The number of hydrogen-bond donors (Lipinski definition) is 1. The number of nitrogen functional groups attached to an aromatic ring is 1. The van der Waals surface area contributed by atoms with E-state index in [4.69, 9.17) is 5.73 Å². The van der Waals surface area contributed by atoms with Gasteiger partial charge in [-0.25, -0.2) is 4.39 Å². The van der Waals surface area contributed by atoms with Crippen molar-refractivity contribution in [3.63, 3.8) is 0 Å². The Morgan fingerprint density at radius 3 is 2.71 bits per heavy atom. The number of benzene rings is 1. The van der Waals surface area contributed by atoms with Crippen molar-refractivity contribution >= 4 is 27.4 Å². The van der Waals surface area contributed by atoms with E-state index in [9.17, 15) is 9.18 Å². The van der Waals surface area contributed by atoms with Crippen LogP contribution in [0.15, 0.2) is 41.0 Å². The van der Waals surface area contributed by atoms with Crippen molar-refractivity contribution in [1.82, 2.24) is 4.98 Å². The maximum absolute atomic E-state index is 13.5. The average Bonchev–Trinajstić information content (AvgIpc) is 2.32. The average molecular weight is 295 g/mol. The molecule has 2 N–H and O–H groups in total. The molecule has 2 rings (SSSR count). The molecule has 0 saturated heterocycles. The zero-order valence-corrected chi connectivity index (χ0v) is 10.2. The van der Waals surface area contributed by atoms with Crippen molar-refractivity contribution in [2.24, 2.45) is 0 Å². The summed E-state index contributed by atoms with van der Waals surface area (Å²) in [7, 11) is 0. The number of nitrogens with zero attached hydrogens (tertiary/aromatic N) is 1. The molecule has 1 aromatic carbocycles. The molecule has 3 nitrogen and oxygen atoms in total. The van der Waals surface area contributed by atoms with E-state index in [1.54, 1.807) is 6.07 Å². The fourth-order valence-electron chi connectivity index (χ4n) is 1.35. The minimum Gasteiger partial charge on any atom is -0.397 e. The third kappa shape index (κ3) is 2.50. The van der Waals surface area contributed by atoms with Crippen molar-refractivity contribution < 1.29 is 9.18 Å². The number of pyridine rings is 1. The van der Waals surface area contributed by atoms with E-state index < -0.39 is 11.6 Å². The third-order valence-electron chi connectivity index (χ3n) is 2.19. The summed E-state index contributed by atoms with van der Waals surface area (Å²) in [6, 6.07) is 7.21. The van der Waals surface area contributed by atoms with Crippen LogP contribution in [0.4, 0.5) is 10.1 Å². The highest BCUT2D eigenvalue weighted by molar-refractivity contribution is 9.10. The summed E-state index contributed by atoms with van der Waals surface area (Å²) in [5, 5.41) is 0. The zero-order chi connectivity index (χ0) is 12.4. The van der Waals surface area contributed by atoms with E-state index in [-0.39, 0.29) is 11.3 Å². The summed E-state index contributed by atoms with van der Waals surface area (Å²) in [6.07, 6.45) is 1.36. The van der Waals surface area contributed by atoms with Gasteiger partial charge in [-0.3, -0.25) is 9.78 Å². The normalized spacial score (nSPS) is 10.2. The number of carbonyl (C=O) groups is 1. The first-order chi connectivity index (χ1) is 8.08. The molecular formula is C12H8BrFN2O. The summed E-state index contributed by atoms with van der Waals surface area (Å²) < 4.78 is 14.1. The molecule has 0 aliphatic rings. The molecule has 0 unspecified atom stereocenters. The van der Waals surface area contributed by atoms with E-state index in [0.717, 1.165) is 0 Å².